The second-order valence-corrected chi connectivity index (χ2v) is 6.89. The van der Waals surface area contributed by atoms with Gasteiger partial charge in [-0.25, -0.2) is 0 Å². The van der Waals surface area contributed by atoms with Gasteiger partial charge in [0, 0.05) is 11.9 Å². The summed E-state index contributed by atoms with van der Waals surface area (Å²) in [7, 11) is 0. The van der Waals surface area contributed by atoms with Crippen LogP contribution in [0.4, 0.5) is 5.69 Å². The first-order valence-electron chi connectivity index (χ1n) is 6.84. The van der Waals surface area contributed by atoms with Crippen LogP contribution in [-0.2, 0) is 15.0 Å². The van der Waals surface area contributed by atoms with Crippen molar-refractivity contribution < 1.29 is 9.59 Å². The van der Waals surface area contributed by atoms with Gasteiger partial charge in [-0.1, -0.05) is 32.9 Å². The molecule has 21 heavy (non-hydrogen) atoms. The van der Waals surface area contributed by atoms with E-state index in [1.54, 1.807) is 6.20 Å². The smallest absolute Gasteiger partial charge is 0.244 e. The quantitative estimate of drug-likeness (QED) is 0.934. The Bertz CT molecular complexity index is 559. The lowest BCUT2D eigenvalue weighted by Crippen LogP contribution is -2.36. The highest BCUT2D eigenvalue weighted by Crippen LogP contribution is 2.23. The van der Waals surface area contributed by atoms with Crippen LogP contribution in [0.25, 0.3) is 0 Å². The van der Waals surface area contributed by atoms with E-state index in [1.807, 2.05) is 29.7 Å². The van der Waals surface area contributed by atoms with Crippen molar-refractivity contribution in [2.24, 2.45) is 0 Å². The molecule has 0 saturated carbocycles. The largest absolute Gasteiger partial charge is 0.325 e. The zero-order valence-corrected chi connectivity index (χ0v) is 13.4. The molecular weight excluding hydrogens is 284 g/mol. The lowest BCUT2D eigenvalue weighted by atomic mass is 9.87. The van der Waals surface area contributed by atoms with Crippen molar-refractivity contribution in [2.45, 2.75) is 26.2 Å². The third-order valence-corrected chi connectivity index (χ3v) is 3.94. The van der Waals surface area contributed by atoms with Crippen LogP contribution in [0.5, 0.6) is 0 Å². The molecule has 1 aliphatic rings. The molecule has 0 radical (unpaired) electrons. The normalized spacial score (nSPS) is 15.2. The second-order valence-electron chi connectivity index (χ2n) is 5.99. The highest BCUT2D eigenvalue weighted by Gasteiger charge is 2.18. The number of benzene rings is 1. The number of anilines is 1. The third kappa shape index (κ3) is 4.36. The number of carbonyl (C=O) groups excluding carboxylic acids is 2. The molecule has 0 aromatic heterocycles. The molecule has 0 fully saturated rings. The van der Waals surface area contributed by atoms with E-state index >= 15 is 0 Å². The maximum absolute atomic E-state index is 12.0. The van der Waals surface area contributed by atoms with Crippen LogP contribution >= 0.6 is 11.8 Å². The Morgan fingerprint density at radius 2 is 1.95 bits per heavy atom. The number of nitrogens with one attached hydrogen (secondary N) is 1. The van der Waals surface area contributed by atoms with E-state index in [9.17, 15) is 9.59 Å². The summed E-state index contributed by atoms with van der Waals surface area (Å²) in [5.41, 5.74) is 2.05. The van der Waals surface area contributed by atoms with Gasteiger partial charge >= 0.3 is 0 Å². The van der Waals surface area contributed by atoms with Gasteiger partial charge in [0.25, 0.3) is 0 Å². The summed E-state index contributed by atoms with van der Waals surface area (Å²) in [6.45, 7) is 6.49. The molecule has 0 aliphatic carbocycles. The molecule has 1 aromatic rings. The van der Waals surface area contributed by atoms with Gasteiger partial charge in [0.1, 0.15) is 6.54 Å². The molecule has 1 aromatic carbocycles. The van der Waals surface area contributed by atoms with Crippen molar-refractivity contribution in [3.8, 4) is 0 Å². The van der Waals surface area contributed by atoms with Gasteiger partial charge < -0.3 is 10.2 Å². The van der Waals surface area contributed by atoms with E-state index in [2.05, 4.69) is 26.1 Å². The predicted octanol–water partition coefficient (Wildman–Crippen LogP) is 2.97. The highest BCUT2D eigenvalue weighted by molar-refractivity contribution is 8.02. The molecule has 5 heteroatoms. The molecule has 4 nitrogen and oxygen atoms in total. The average molecular weight is 304 g/mol. The number of hydrogen-bond acceptors (Lipinski definition) is 3. The second kappa shape index (κ2) is 6.35. The molecule has 0 spiro atoms. The minimum atomic E-state index is -0.191. The standard InChI is InChI=1S/C16H20N2O2S/c1-16(2,3)12-4-6-13(7-5-12)17-14(19)10-18-8-9-21-11-15(18)20/h4-9H,10-11H2,1-3H3,(H,17,19). The van der Waals surface area contributed by atoms with Crippen molar-refractivity contribution in [1.82, 2.24) is 4.90 Å². The van der Waals surface area contributed by atoms with E-state index in [4.69, 9.17) is 0 Å². The minimum absolute atomic E-state index is 0.0410. The van der Waals surface area contributed by atoms with Gasteiger partial charge in [-0.2, -0.15) is 0 Å². The maximum atomic E-state index is 12.0. The summed E-state index contributed by atoms with van der Waals surface area (Å²) >= 11 is 1.44. The van der Waals surface area contributed by atoms with Gasteiger partial charge in [-0.05, 0) is 28.5 Å². The van der Waals surface area contributed by atoms with Crippen LogP contribution < -0.4 is 5.32 Å². The zero-order valence-electron chi connectivity index (χ0n) is 12.6. The number of amides is 2. The average Bonchev–Trinajstić information content (AvgIpc) is 2.41. The number of rotatable bonds is 3. The first-order valence-corrected chi connectivity index (χ1v) is 7.89. The van der Waals surface area contributed by atoms with Crippen LogP contribution in [0, 0.1) is 0 Å². The number of thioether (sulfide) groups is 1. The fourth-order valence-electron chi connectivity index (χ4n) is 1.95. The van der Waals surface area contributed by atoms with Gasteiger partial charge in [0.2, 0.25) is 11.8 Å². The minimum Gasteiger partial charge on any atom is -0.325 e. The Morgan fingerprint density at radius 3 is 2.52 bits per heavy atom. The van der Waals surface area contributed by atoms with Crippen LogP contribution in [0.1, 0.15) is 26.3 Å². The lowest BCUT2D eigenvalue weighted by Gasteiger charge is -2.21. The Kier molecular flexibility index (Phi) is 4.73. The van der Waals surface area contributed by atoms with Crippen LogP contribution in [0.3, 0.4) is 0 Å². The summed E-state index contributed by atoms with van der Waals surface area (Å²) in [4.78, 5) is 25.0. The Balaban J connectivity index is 1.95. The topological polar surface area (TPSA) is 49.4 Å². The number of carbonyl (C=O) groups is 2. The predicted molar refractivity (Wildman–Crippen MR) is 87.1 cm³/mol. The summed E-state index contributed by atoms with van der Waals surface area (Å²) in [6.07, 6.45) is 1.65. The van der Waals surface area contributed by atoms with Crippen molar-refractivity contribution >= 4 is 29.3 Å². The fraction of sp³-hybridized carbons (Fsp3) is 0.375. The van der Waals surface area contributed by atoms with Crippen molar-refractivity contribution in [2.75, 3.05) is 17.6 Å². The molecule has 2 rings (SSSR count). The van der Waals surface area contributed by atoms with E-state index < -0.39 is 0 Å². The van der Waals surface area contributed by atoms with Gasteiger partial charge in [0.15, 0.2) is 0 Å². The first kappa shape index (κ1) is 15.6. The molecule has 0 unspecified atom stereocenters. The molecule has 1 aliphatic heterocycles. The molecule has 1 N–H and O–H groups in total. The van der Waals surface area contributed by atoms with Gasteiger partial charge in [-0.3, -0.25) is 9.59 Å². The lowest BCUT2D eigenvalue weighted by molar-refractivity contribution is -0.129. The first-order chi connectivity index (χ1) is 9.86. The Morgan fingerprint density at radius 1 is 1.29 bits per heavy atom. The summed E-state index contributed by atoms with van der Waals surface area (Å²) in [5.74, 6) is 0.161. The van der Waals surface area contributed by atoms with Gasteiger partial charge in [0.05, 0.1) is 5.75 Å². The van der Waals surface area contributed by atoms with Crippen LogP contribution in [0.2, 0.25) is 0 Å². The van der Waals surface area contributed by atoms with Crippen molar-refractivity contribution in [3.63, 3.8) is 0 Å². The molecule has 0 saturated heterocycles. The third-order valence-electron chi connectivity index (χ3n) is 3.21. The molecule has 0 atom stereocenters. The van der Waals surface area contributed by atoms with Crippen molar-refractivity contribution in [1.29, 1.82) is 0 Å². The molecule has 112 valence electrons. The molecule has 2 amide bonds. The molecule has 0 bridgehead atoms. The summed E-state index contributed by atoms with van der Waals surface area (Å²) < 4.78 is 0. The molecule has 1 heterocycles. The Hall–Kier alpha value is -1.75. The van der Waals surface area contributed by atoms with E-state index in [0.29, 0.717) is 5.75 Å². The van der Waals surface area contributed by atoms with Crippen LogP contribution in [-0.4, -0.2) is 29.0 Å². The number of nitrogens with zero attached hydrogens (tertiary/aromatic N) is 1. The zero-order chi connectivity index (χ0) is 15.5. The molecular formula is C16H20N2O2S. The maximum Gasteiger partial charge on any atom is 0.244 e. The Labute approximate surface area is 129 Å². The highest BCUT2D eigenvalue weighted by atomic mass is 32.2. The van der Waals surface area contributed by atoms with Crippen molar-refractivity contribution in [3.05, 3.63) is 41.4 Å². The fourth-order valence-corrected chi connectivity index (χ4v) is 2.59. The monoisotopic (exact) mass is 304 g/mol. The summed E-state index contributed by atoms with van der Waals surface area (Å²) in [6, 6.07) is 7.81. The number of hydrogen-bond donors (Lipinski definition) is 1. The van der Waals surface area contributed by atoms with E-state index in [1.165, 1.54) is 22.2 Å². The SMILES string of the molecule is CC(C)(C)c1ccc(NC(=O)CN2C=CSCC2=O)cc1. The van der Waals surface area contributed by atoms with E-state index in [0.717, 1.165) is 5.69 Å². The van der Waals surface area contributed by atoms with Gasteiger partial charge in [-0.15, -0.1) is 11.8 Å². The summed E-state index contributed by atoms with van der Waals surface area (Å²) in [5, 5.41) is 4.64. The van der Waals surface area contributed by atoms with Crippen LogP contribution in [0.15, 0.2) is 35.9 Å². The van der Waals surface area contributed by atoms with E-state index in [-0.39, 0.29) is 23.8 Å².